The van der Waals surface area contributed by atoms with Gasteiger partial charge in [-0.3, -0.25) is 4.79 Å². The number of nitrogens with two attached hydrogens (primary N) is 1. The van der Waals surface area contributed by atoms with E-state index in [9.17, 15) is 4.79 Å². The van der Waals surface area contributed by atoms with Crippen molar-refractivity contribution in [3.8, 4) is 0 Å². The molecule has 5 heteroatoms. The molecule has 2 aliphatic rings. The number of halogens is 1. The maximum Gasteiger partial charge on any atom is 0.253 e. The molecule has 1 saturated heterocycles. The summed E-state index contributed by atoms with van der Waals surface area (Å²) in [5, 5.41) is 0. The fourth-order valence-corrected chi connectivity index (χ4v) is 4.94. The standard InChI is InChI=1S/C21H24N2OS.ClH/c22-20-11-8-17-12-23(13-19(17)20)21(24)16-6-9-18(10-7-16)25-14-15-4-2-1-3-5-15;/h1-7,9-10,17,19-20H,8,11-14,22H2;1H. The summed E-state index contributed by atoms with van der Waals surface area (Å²) in [6.45, 7) is 1.71. The lowest BCUT2D eigenvalue weighted by atomic mass is 9.98. The molecule has 0 bridgehead atoms. The fraction of sp³-hybridized carbons (Fsp3) is 0.381. The summed E-state index contributed by atoms with van der Waals surface area (Å²) in [5.74, 6) is 2.21. The lowest BCUT2D eigenvalue weighted by Gasteiger charge is -2.19. The van der Waals surface area contributed by atoms with Crippen LogP contribution in [-0.4, -0.2) is 29.9 Å². The molecule has 2 aromatic carbocycles. The molecule has 0 aromatic heterocycles. The first-order valence-corrected chi connectivity index (χ1v) is 10.0. The van der Waals surface area contributed by atoms with Gasteiger partial charge in [-0.25, -0.2) is 0 Å². The van der Waals surface area contributed by atoms with Crippen molar-refractivity contribution < 1.29 is 4.79 Å². The summed E-state index contributed by atoms with van der Waals surface area (Å²) in [6.07, 6.45) is 2.29. The molecule has 1 aliphatic heterocycles. The van der Waals surface area contributed by atoms with Crippen LogP contribution in [0.15, 0.2) is 59.5 Å². The molecular formula is C21H25ClN2OS. The molecule has 1 saturated carbocycles. The van der Waals surface area contributed by atoms with Gasteiger partial charge in [-0.05, 0) is 54.5 Å². The number of fused-ring (bicyclic) bond motifs is 1. The Labute approximate surface area is 165 Å². The molecule has 1 aliphatic carbocycles. The van der Waals surface area contributed by atoms with Crippen LogP contribution in [0, 0.1) is 11.8 Å². The SMILES string of the molecule is Cl.NC1CCC2CN(C(=O)c3ccc(SCc4ccccc4)cc3)CC12. The third kappa shape index (κ3) is 4.08. The summed E-state index contributed by atoms with van der Waals surface area (Å²) in [5.41, 5.74) is 8.28. The first-order chi connectivity index (χ1) is 12.2. The van der Waals surface area contributed by atoms with Crippen molar-refractivity contribution in [1.82, 2.24) is 4.90 Å². The van der Waals surface area contributed by atoms with Crippen molar-refractivity contribution in [2.75, 3.05) is 13.1 Å². The lowest BCUT2D eigenvalue weighted by molar-refractivity contribution is 0.0779. The molecule has 26 heavy (non-hydrogen) atoms. The number of nitrogens with zero attached hydrogens (tertiary/aromatic N) is 1. The second-order valence-corrected chi connectivity index (χ2v) is 8.22. The normalized spacial score (nSPS) is 24.2. The van der Waals surface area contributed by atoms with E-state index in [2.05, 4.69) is 36.4 Å². The van der Waals surface area contributed by atoms with Gasteiger partial charge in [0, 0.05) is 35.3 Å². The summed E-state index contributed by atoms with van der Waals surface area (Å²) in [7, 11) is 0. The Morgan fingerprint density at radius 2 is 1.77 bits per heavy atom. The van der Waals surface area contributed by atoms with Crippen LogP contribution in [0.1, 0.15) is 28.8 Å². The van der Waals surface area contributed by atoms with Gasteiger partial charge in [0.2, 0.25) is 0 Å². The van der Waals surface area contributed by atoms with Gasteiger partial charge in [0.25, 0.3) is 5.91 Å². The van der Waals surface area contributed by atoms with Crippen LogP contribution in [0.4, 0.5) is 0 Å². The van der Waals surface area contributed by atoms with E-state index in [-0.39, 0.29) is 24.4 Å². The molecule has 2 N–H and O–H groups in total. The van der Waals surface area contributed by atoms with Crippen molar-refractivity contribution in [1.29, 1.82) is 0 Å². The Kier molecular flexibility index (Phi) is 6.28. The number of benzene rings is 2. The fourth-order valence-electron chi connectivity index (χ4n) is 4.09. The zero-order valence-electron chi connectivity index (χ0n) is 14.7. The van der Waals surface area contributed by atoms with Crippen LogP contribution >= 0.6 is 24.2 Å². The Balaban J connectivity index is 0.00000196. The summed E-state index contributed by atoms with van der Waals surface area (Å²) < 4.78 is 0. The number of likely N-dealkylation sites (tertiary alicyclic amines) is 1. The molecule has 1 heterocycles. The Bertz CT molecular complexity index is 737. The van der Waals surface area contributed by atoms with Crippen LogP contribution in [0.5, 0.6) is 0 Å². The highest BCUT2D eigenvalue weighted by atomic mass is 35.5. The van der Waals surface area contributed by atoms with Gasteiger partial charge >= 0.3 is 0 Å². The number of carbonyl (C=O) groups excluding carboxylic acids is 1. The van der Waals surface area contributed by atoms with Crippen molar-refractivity contribution >= 4 is 30.1 Å². The van der Waals surface area contributed by atoms with E-state index in [1.54, 1.807) is 11.8 Å². The highest BCUT2D eigenvalue weighted by Crippen LogP contribution is 2.37. The number of carbonyl (C=O) groups is 1. The van der Waals surface area contributed by atoms with Crippen LogP contribution in [-0.2, 0) is 5.75 Å². The van der Waals surface area contributed by atoms with Crippen LogP contribution in [0.25, 0.3) is 0 Å². The van der Waals surface area contributed by atoms with Crippen molar-refractivity contribution in [3.63, 3.8) is 0 Å². The Hall–Kier alpha value is -1.49. The summed E-state index contributed by atoms with van der Waals surface area (Å²) in [6, 6.07) is 18.8. The van der Waals surface area contributed by atoms with Crippen molar-refractivity contribution in [2.45, 2.75) is 29.5 Å². The second-order valence-electron chi connectivity index (χ2n) is 7.17. The highest BCUT2D eigenvalue weighted by molar-refractivity contribution is 7.98. The van der Waals surface area contributed by atoms with E-state index in [0.29, 0.717) is 11.8 Å². The topological polar surface area (TPSA) is 46.3 Å². The molecule has 2 aromatic rings. The third-order valence-electron chi connectivity index (χ3n) is 5.55. The van der Waals surface area contributed by atoms with E-state index in [1.807, 2.05) is 23.1 Å². The molecule has 3 nitrogen and oxygen atoms in total. The molecule has 1 amide bonds. The molecule has 138 valence electrons. The number of hydrogen-bond acceptors (Lipinski definition) is 3. The van der Waals surface area contributed by atoms with E-state index < -0.39 is 0 Å². The zero-order valence-corrected chi connectivity index (χ0v) is 16.3. The molecule has 2 fully saturated rings. The maximum atomic E-state index is 12.8. The van der Waals surface area contributed by atoms with Gasteiger partial charge in [-0.15, -0.1) is 24.2 Å². The Morgan fingerprint density at radius 1 is 1.04 bits per heavy atom. The van der Waals surface area contributed by atoms with Crippen molar-refractivity contribution in [2.24, 2.45) is 17.6 Å². The van der Waals surface area contributed by atoms with Crippen LogP contribution in [0.3, 0.4) is 0 Å². The predicted octanol–water partition coefficient (Wildman–Crippen LogP) is 4.21. The van der Waals surface area contributed by atoms with Gasteiger partial charge in [-0.1, -0.05) is 30.3 Å². The number of amides is 1. The smallest absolute Gasteiger partial charge is 0.253 e. The average Bonchev–Trinajstić information content (AvgIpc) is 3.23. The van der Waals surface area contributed by atoms with Gasteiger partial charge in [0.05, 0.1) is 0 Å². The van der Waals surface area contributed by atoms with Crippen LogP contribution < -0.4 is 5.73 Å². The van der Waals surface area contributed by atoms with Gasteiger partial charge in [0.1, 0.15) is 0 Å². The number of rotatable bonds is 4. The summed E-state index contributed by atoms with van der Waals surface area (Å²) >= 11 is 1.80. The number of hydrogen-bond donors (Lipinski definition) is 1. The molecule has 3 atom stereocenters. The van der Waals surface area contributed by atoms with E-state index in [4.69, 9.17) is 5.73 Å². The van der Waals surface area contributed by atoms with Gasteiger partial charge in [-0.2, -0.15) is 0 Å². The highest BCUT2D eigenvalue weighted by Gasteiger charge is 2.42. The quantitative estimate of drug-likeness (QED) is 0.798. The van der Waals surface area contributed by atoms with Gasteiger partial charge in [0.15, 0.2) is 0 Å². The predicted molar refractivity (Wildman–Crippen MR) is 110 cm³/mol. The van der Waals surface area contributed by atoms with E-state index in [1.165, 1.54) is 16.9 Å². The van der Waals surface area contributed by atoms with Crippen LogP contribution in [0.2, 0.25) is 0 Å². The summed E-state index contributed by atoms with van der Waals surface area (Å²) in [4.78, 5) is 15.9. The molecular weight excluding hydrogens is 364 g/mol. The molecule has 0 spiro atoms. The third-order valence-corrected chi connectivity index (χ3v) is 6.63. The minimum absolute atomic E-state index is 0. The minimum atomic E-state index is 0. The van der Waals surface area contributed by atoms with Crippen molar-refractivity contribution in [3.05, 3.63) is 65.7 Å². The Morgan fingerprint density at radius 3 is 2.46 bits per heavy atom. The monoisotopic (exact) mass is 388 g/mol. The van der Waals surface area contributed by atoms with E-state index >= 15 is 0 Å². The van der Waals surface area contributed by atoms with Gasteiger partial charge < -0.3 is 10.6 Å². The molecule has 4 rings (SSSR count). The molecule has 3 unspecified atom stereocenters. The molecule has 0 radical (unpaired) electrons. The largest absolute Gasteiger partial charge is 0.338 e. The lowest BCUT2D eigenvalue weighted by Crippen LogP contribution is -2.33. The average molecular weight is 389 g/mol. The number of thioether (sulfide) groups is 1. The maximum absolute atomic E-state index is 12.8. The minimum Gasteiger partial charge on any atom is -0.338 e. The zero-order chi connectivity index (χ0) is 17.2. The first-order valence-electron chi connectivity index (χ1n) is 9.02. The van der Waals surface area contributed by atoms with E-state index in [0.717, 1.165) is 30.8 Å². The second kappa shape index (κ2) is 8.47. The first kappa shape index (κ1) is 19.3.